The lowest BCUT2D eigenvalue weighted by molar-refractivity contribution is 0.0736. The van der Waals surface area contributed by atoms with E-state index >= 15 is 0 Å². The first-order chi connectivity index (χ1) is 11.2. The Labute approximate surface area is 134 Å². The van der Waals surface area contributed by atoms with E-state index in [9.17, 15) is 5.11 Å². The van der Waals surface area contributed by atoms with Crippen LogP contribution in [0.25, 0.3) is 10.9 Å². The van der Waals surface area contributed by atoms with Crippen molar-refractivity contribution in [2.24, 2.45) is 7.05 Å². The zero-order valence-electron chi connectivity index (χ0n) is 13.0. The number of hydrogen-bond acceptors (Lipinski definition) is 4. The summed E-state index contributed by atoms with van der Waals surface area (Å²) in [5, 5.41) is 15.6. The van der Waals surface area contributed by atoms with Crippen LogP contribution in [-0.2, 0) is 13.6 Å². The molecule has 1 aliphatic heterocycles. The lowest BCUT2D eigenvalue weighted by Gasteiger charge is -2.16. The van der Waals surface area contributed by atoms with E-state index < -0.39 is 6.10 Å². The van der Waals surface area contributed by atoms with Crippen molar-refractivity contribution in [2.75, 3.05) is 13.1 Å². The summed E-state index contributed by atoms with van der Waals surface area (Å²) >= 11 is 0. The van der Waals surface area contributed by atoms with Gasteiger partial charge in [-0.25, -0.2) is 0 Å². The van der Waals surface area contributed by atoms with Crippen molar-refractivity contribution < 1.29 is 9.84 Å². The summed E-state index contributed by atoms with van der Waals surface area (Å²) in [7, 11) is 1.85. The van der Waals surface area contributed by atoms with E-state index in [0.29, 0.717) is 18.8 Å². The molecule has 1 aromatic carbocycles. The van der Waals surface area contributed by atoms with Crippen LogP contribution in [0.5, 0.6) is 5.75 Å². The SMILES string of the molecule is Cn1cc(O[C@@H]2CN(Cc3cccc4cc[nH]c34)C[C@H]2O)cn1. The zero-order valence-corrected chi connectivity index (χ0v) is 13.0. The lowest BCUT2D eigenvalue weighted by Crippen LogP contribution is -2.29. The van der Waals surface area contributed by atoms with E-state index in [0.717, 1.165) is 6.54 Å². The van der Waals surface area contributed by atoms with Gasteiger partial charge in [-0.3, -0.25) is 9.58 Å². The number of nitrogens with zero attached hydrogens (tertiary/aromatic N) is 3. The Bertz CT molecular complexity index is 810. The van der Waals surface area contributed by atoms with Crippen molar-refractivity contribution in [1.29, 1.82) is 0 Å². The molecule has 0 unspecified atom stereocenters. The molecule has 3 aromatic rings. The van der Waals surface area contributed by atoms with Gasteiger partial charge in [-0.05, 0) is 17.0 Å². The van der Waals surface area contributed by atoms with E-state index in [1.165, 1.54) is 16.5 Å². The standard InChI is InChI=1S/C17H20N4O2/c1-20-9-14(7-19-20)23-16-11-21(10-15(16)22)8-13-4-2-3-12-5-6-18-17(12)13/h2-7,9,15-16,18,22H,8,10-11H2,1H3/t15-,16-/m1/s1. The first kappa shape index (κ1) is 14.3. The fourth-order valence-electron chi connectivity index (χ4n) is 3.23. The molecule has 0 radical (unpaired) electrons. The van der Waals surface area contributed by atoms with Gasteiger partial charge in [0.2, 0.25) is 0 Å². The van der Waals surface area contributed by atoms with Crippen molar-refractivity contribution >= 4 is 10.9 Å². The van der Waals surface area contributed by atoms with Gasteiger partial charge in [-0.15, -0.1) is 0 Å². The molecule has 120 valence electrons. The Kier molecular flexibility index (Phi) is 3.55. The number of rotatable bonds is 4. The number of aryl methyl sites for hydroxylation is 1. The maximum Gasteiger partial charge on any atom is 0.157 e. The smallest absolute Gasteiger partial charge is 0.157 e. The number of aliphatic hydroxyl groups is 1. The van der Waals surface area contributed by atoms with Gasteiger partial charge in [0.05, 0.1) is 12.4 Å². The molecule has 23 heavy (non-hydrogen) atoms. The van der Waals surface area contributed by atoms with Crippen molar-refractivity contribution in [3.05, 3.63) is 48.4 Å². The van der Waals surface area contributed by atoms with Crippen LogP contribution < -0.4 is 4.74 Å². The molecule has 1 aliphatic rings. The summed E-state index contributed by atoms with van der Waals surface area (Å²) in [4.78, 5) is 5.52. The quantitative estimate of drug-likeness (QED) is 0.767. The average molecular weight is 312 g/mol. The molecule has 2 aromatic heterocycles. The van der Waals surface area contributed by atoms with Crippen LogP contribution >= 0.6 is 0 Å². The number of benzene rings is 1. The monoisotopic (exact) mass is 312 g/mol. The largest absolute Gasteiger partial charge is 0.483 e. The maximum atomic E-state index is 10.3. The number of para-hydroxylation sites is 1. The fourth-order valence-corrected chi connectivity index (χ4v) is 3.23. The van der Waals surface area contributed by atoms with Crippen LogP contribution in [0.2, 0.25) is 0 Å². The van der Waals surface area contributed by atoms with Crippen LogP contribution in [-0.4, -0.2) is 50.1 Å². The minimum Gasteiger partial charge on any atom is -0.483 e. The summed E-state index contributed by atoms with van der Waals surface area (Å²) in [6, 6.07) is 8.37. The number of nitrogens with one attached hydrogen (secondary N) is 1. The molecule has 6 heteroatoms. The molecule has 0 bridgehead atoms. The third kappa shape index (κ3) is 2.83. The van der Waals surface area contributed by atoms with Crippen molar-refractivity contribution in [1.82, 2.24) is 19.7 Å². The van der Waals surface area contributed by atoms with Gasteiger partial charge in [0.25, 0.3) is 0 Å². The second kappa shape index (κ2) is 5.72. The van der Waals surface area contributed by atoms with E-state index in [1.54, 1.807) is 10.9 Å². The topological polar surface area (TPSA) is 66.3 Å². The highest BCUT2D eigenvalue weighted by Gasteiger charge is 2.33. The molecule has 2 atom stereocenters. The molecule has 1 fully saturated rings. The van der Waals surface area contributed by atoms with Gasteiger partial charge in [0.1, 0.15) is 12.2 Å². The van der Waals surface area contributed by atoms with Gasteiger partial charge < -0.3 is 14.8 Å². The Hall–Kier alpha value is -2.31. The van der Waals surface area contributed by atoms with Crippen LogP contribution in [0.1, 0.15) is 5.56 Å². The van der Waals surface area contributed by atoms with Crippen LogP contribution in [0.15, 0.2) is 42.9 Å². The number of likely N-dealkylation sites (tertiary alicyclic amines) is 1. The predicted octanol–water partition coefficient (Wildman–Crippen LogP) is 1.53. The number of aliphatic hydroxyl groups excluding tert-OH is 1. The summed E-state index contributed by atoms with van der Waals surface area (Å²) < 4.78 is 7.56. The predicted molar refractivity (Wildman–Crippen MR) is 87.2 cm³/mol. The third-order valence-electron chi connectivity index (χ3n) is 4.35. The molecular formula is C17H20N4O2. The molecule has 0 spiro atoms. The summed E-state index contributed by atoms with van der Waals surface area (Å²) in [5.41, 5.74) is 2.40. The minimum absolute atomic E-state index is 0.220. The van der Waals surface area contributed by atoms with Gasteiger partial charge in [0.15, 0.2) is 5.75 Å². The number of aromatic nitrogens is 3. The normalized spacial score (nSPS) is 22.0. The number of β-amino-alcohol motifs (C(OH)–C–C–N with tert-alkyl or cyclic N) is 1. The lowest BCUT2D eigenvalue weighted by atomic mass is 10.1. The number of hydrogen-bond donors (Lipinski definition) is 2. The Morgan fingerprint density at radius 3 is 3.09 bits per heavy atom. The molecule has 0 amide bonds. The van der Waals surface area contributed by atoms with Gasteiger partial charge in [-0.1, -0.05) is 18.2 Å². The second-order valence-corrected chi connectivity index (χ2v) is 6.13. The summed E-state index contributed by atoms with van der Waals surface area (Å²) in [5.74, 6) is 0.699. The van der Waals surface area contributed by atoms with Crippen LogP contribution in [0, 0.1) is 0 Å². The number of fused-ring (bicyclic) bond motifs is 1. The molecule has 4 rings (SSSR count). The van der Waals surface area contributed by atoms with Gasteiger partial charge in [0, 0.05) is 38.4 Å². The van der Waals surface area contributed by atoms with Crippen LogP contribution in [0.3, 0.4) is 0 Å². The average Bonchev–Trinajstić information content (AvgIpc) is 3.22. The van der Waals surface area contributed by atoms with Gasteiger partial charge in [-0.2, -0.15) is 5.10 Å². The zero-order chi connectivity index (χ0) is 15.8. The summed E-state index contributed by atoms with van der Waals surface area (Å²) in [6.45, 7) is 2.11. The van der Waals surface area contributed by atoms with Crippen molar-refractivity contribution in [3.8, 4) is 5.75 Å². The second-order valence-electron chi connectivity index (χ2n) is 6.13. The van der Waals surface area contributed by atoms with E-state index in [2.05, 4.69) is 39.2 Å². The Morgan fingerprint density at radius 1 is 1.35 bits per heavy atom. The maximum absolute atomic E-state index is 10.3. The van der Waals surface area contributed by atoms with Crippen LogP contribution in [0.4, 0.5) is 0 Å². The number of ether oxygens (including phenoxy) is 1. The molecule has 3 heterocycles. The highest BCUT2D eigenvalue weighted by atomic mass is 16.5. The first-order valence-electron chi connectivity index (χ1n) is 7.80. The molecule has 0 aliphatic carbocycles. The minimum atomic E-state index is -0.488. The molecular weight excluding hydrogens is 292 g/mol. The highest BCUT2D eigenvalue weighted by molar-refractivity contribution is 5.82. The number of aromatic amines is 1. The molecule has 2 N–H and O–H groups in total. The Morgan fingerprint density at radius 2 is 2.26 bits per heavy atom. The van der Waals surface area contributed by atoms with Crippen molar-refractivity contribution in [3.63, 3.8) is 0 Å². The summed E-state index contributed by atoms with van der Waals surface area (Å²) in [6.07, 6.45) is 4.74. The fraction of sp³-hybridized carbons (Fsp3) is 0.353. The van der Waals surface area contributed by atoms with Gasteiger partial charge >= 0.3 is 0 Å². The first-order valence-corrected chi connectivity index (χ1v) is 7.80. The van der Waals surface area contributed by atoms with E-state index in [-0.39, 0.29) is 6.10 Å². The molecule has 6 nitrogen and oxygen atoms in total. The molecule has 0 saturated carbocycles. The Balaban J connectivity index is 1.46. The van der Waals surface area contributed by atoms with E-state index in [4.69, 9.17) is 4.74 Å². The molecule has 1 saturated heterocycles. The number of H-pyrrole nitrogens is 1. The van der Waals surface area contributed by atoms with Crippen molar-refractivity contribution in [2.45, 2.75) is 18.8 Å². The van der Waals surface area contributed by atoms with E-state index in [1.807, 2.05) is 19.4 Å². The highest BCUT2D eigenvalue weighted by Crippen LogP contribution is 2.23. The third-order valence-corrected chi connectivity index (χ3v) is 4.35.